The molecular weight excluding hydrogens is 503 g/mol. The first-order valence-corrected chi connectivity index (χ1v) is 13.2. The molecule has 0 saturated carbocycles. The average Bonchev–Trinajstić information content (AvgIpc) is 3.14. The Morgan fingerprint density at radius 1 is 1.03 bits per heavy atom. The minimum atomic E-state index is -4.60. The average molecular weight is 532 g/mol. The van der Waals surface area contributed by atoms with Gasteiger partial charge in [-0.05, 0) is 55.5 Å². The van der Waals surface area contributed by atoms with Crippen LogP contribution in [0.1, 0.15) is 46.1 Å². The van der Waals surface area contributed by atoms with Gasteiger partial charge in [0.2, 0.25) is 0 Å². The Labute approximate surface area is 213 Å². The molecule has 0 amide bonds. The van der Waals surface area contributed by atoms with Crippen LogP contribution in [0.4, 0.5) is 18.9 Å². The molecule has 1 unspecified atom stereocenters. The number of pyridine rings is 3. The number of fused-ring (bicyclic) bond motifs is 1. The molecule has 0 spiro atoms. The Balaban J connectivity index is 1.82. The SMILES string of the molecule is CC(CCC(C)(C)C)S(=O)(=O)c1ccc(-c2c(N)c3cc(C(F)(F)F)cnc3n2-c2ccccn2)nc1. The number of anilines is 1. The van der Waals surface area contributed by atoms with Crippen LogP contribution in [-0.4, -0.2) is 33.2 Å². The van der Waals surface area contributed by atoms with Crippen molar-refractivity contribution in [1.82, 2.24) is 19.5 Å². The zero-order valence-corrected chi connectivity index (χ0v) is 21.7. The number of aromatic nitrogens is 4. The number of nitrogens with zero attached hydrogens (tertiary/aromatic N) is 4. The summed E-state index contributed by atoms with van der Waals surface area (Å²) in [7, 11) is -3.63. The molecule has 0 aliphatic heterocycles. The zero-order chi connectivity index (χ0) is 27.2. The van der Waals surface area contributed by atoms with E-state index >= 15 is 0 Å². The van der Waals surface area contributed by atoms with Gasteiger partial charge < -0.3 is 5.73 Å². The van der Waals surface area contributed by atoms with E-state index in [0.29, 0.717) is 12.2 Å². The van der Waals surface area contributed by atoms with E-state index in [1.807, 2.05) is 0 Å². The number of hydrogen-bond acceptors (Lipinski definition) is 6. The first-order valence-electron chi connectivity index (χ1n) is 11.7. The first kappa shape index (κ1) is 26.6. The lowest BCUT2D eigenvalue weighted by Gasteiger charge is -2.21. The molecule has 4 rings (SSSR count). The van der Waals surface area contributed by atoms with E-state index < -0.39 is 26.8 Å². The Bertz CT molecular complexity index is 1530. The summed E-state index contributed by atoms with van der Waals surface area (Å²) >= 11 is 0. The number of sulfone groups is 1. The smallest absolute Gasteiger partial charge is 0.396 e. The summed E-state index contributed by atoms with van der Waals surface area (Å²) in [6.07, 6.45) is 0.181. The van der Waals surface area contributed by atoms with E-state index in [-0.39, 0.29) is 38.4 Å². The van der Waals surface area contributed by atoms with Crippen molar-refractivity contribution in [2.75, 3.05) is 5.73 Å². The highest BCUT2D eigenvalue weighted by Gasteiger charge is 2.33. The molecule has 4 aromatic rings. The molecule has 0 fully saturated rings. The highest BCUT2D eigenvalue weighted by Crippen LogP contribution is 2.39. The molecule has 196 valence electrons. The Morgan fingerprint density at radius 3 is 2.32 bits per heavy atom. The Kier molecular flexibility index (Phi) is 6.78. The van der Waals surface area contributed by atoms with Crippen LogP contribution in [0.25, 0.3) is 28.2 Å². The molecule has 0 aromatic carbocycles. The molecule has 0 aliphatic rings. The summed E-state index contributed by atoms with van der Waals surface area (Å²) < 4.78 is 67.9. The van der Waals surface area contributed by atoms with Gasteiger partial charge in [-0.25, -0.2) is 18.4 Å². The topological polar surface area (TPSA) is 104 Å². The Morgan fingerprint density at radius 2 is 1.76 bits per heavy atom. The third-order valence-electron chi connectivity index (χ3n) is 6.19. The summed E-state index contributed by atoms with van der Waals surface area (Å²) in [6, 6.07) is 8.97. The zero-order valence-electron chi connectivity index (χ0n) is 20.9. The monoisotopic (exact) mass is 531 g/mol. The van der Waals surface area contributed by atoms with Gasteiger partial charge in [0.15, 0.2) is 9.84 Å². The molecule has 0 saturated heterocycles. The second-order valence-corrected chi connectivity index (χ2v) is 12.6. The van der Waals surface area contributed by atoms with Crippen molar-refractivity contribution in [1.29, 1.82) is 0 Å². The molecule has 4 aromatic heterocycles. The third-order valence-corrected chi connectivity index (χ3v) is 8.38. The number of nitrogens with two attached hydrogens (primary N) is 1. The fourth-order valence-electron chi connectivity index (χ4n) is 4.02. The summed E-state index contributed by atoms with van der Waals surface area (Å²) in [4.78, 5) is 12.8. The van der Waals surface area contributed by atoms with Gasteiger partial charge in [-0.1, -0.05) is 26.8 Å². The van der Waals surface area contributed by atoms with Crippen LogP contribution in [0, 0.1) is 5.41 Å². The van der Waals surface area contributed by atoms with Crippen molar-refractivity contribution in [2.24, 2.45) is 5.41 Å². The van der Waals surface area contributed by atoms with Crippen molar-refractivity contribution < 1.29 is 21.6 Å². The summed E-state index contributed by atoms with van der Waals surface area (Å²) in [5.74, 6) is 0.376. The molecule has 0 radical (unpaired) electrons. The number of rotatable bonds is 6. The maximum atomic E-state index is 13.4. The second-order valence-electron chi connectivity index (χ2n) is 10.2. The Hall–Kier alpha value is -3.47. The largest absolute Gasteiger partial charge is 0.417 e. The minimum absolute atomic E-state index is 0.00230. The van der Waals surface area contributed by atoms with Crippen LogP contribution in [0.15, 0.2) is 59.9 Å². The van der Waals surface area contributed by atoms with E-state index in [0.717, 1.165) is 18.7 Å². The maximum Gasteiger partial charge on any atom is 0.417 e. The van der Waals surface area contributed by atoms with Crippen LogP contribution < -0.4 is 5.73 Å². The molecule has 2 N–H and O–H groups in total. The second kappa shape index (κ2) is 9.44. The fourth-order valence-corrected chi connectivity index (χ4v) is 5.37. The standard InChI is InChI=1S/C26H28F3N5O2S/c1-16(10-11-25(2,3)4)37(35,36)18-8-9-20(32-15-18)23-22(30)19-13-17(26(27,28)29)14-33-24(19)34(23)21-7-5-6-12-31-21/h5-9,12-16H,10-11,30H2,1-4H3. The first-order chi connectivity index (χ1) is 17.2. The molecule has 7 nitrogen and oxygen atoms in total. The predicted molar refractivity (Wildman–Crippen MR) is 137 cm³/mol. The van der Waals surface area contributed by atoms with Gasteiger partial charge in [-0.2, -0.15) is 13.2 Å². The lowest BCUT2D eigenvalue weighted by atomic mass is 9.90. The number of nitrogen functional groups attached to an aromatic ring is 1. The molecule has 1 atom stereocenters. The lowest BCUT2D eigenvalue weighted by molar-refractivity contribution is -0.137. The third kappa shape index (κ3) is 5.31. The normalized spacial score (nSPS) is 13.7. The predicted octanol–water partition coefficient (Wildman–Crippen LogP) is 6.07. The summed E-state index contributed by atoms with van der Waals surface area (Å²) in [6.45, 7) is 7.84. The van der Waals surface area contributed by atoms with E-state index in [1.54, 1.807) is 25.1 Å². The van der Waals surface area contributed by atoms with Gasteiger partial charge in [-0.15, -0.1) is 0 Å². The fraction of sp³-hybridized carbons (Fsp3) is 0.346. The van der Waals surface area contributed by atoms with Gasteiger partial charge in [-0.3, -0.25) is 9.55 Å². The molecule has 37 heavy (non-hydrogen) atoms. The molecule has 4 heterocycles. The minimum Gasteiger partial charge on any atom is -0.396 e. The molecule has 0 aliphatic carbocycles. The van der Waals surface area contributed by atoms with Crippen molar-refractivity contribution in [3.63, 3.8) is 0 Å². The van der Waals surface area contributed by atoms with Crippen molar-refractivity contribution in [2.45, 2.75) is 56.9 Å². The summed E-state index contributed by atoms with van der Waals surface area (Å²) in [5, 5.41) is -0.515. The van der Waals surface area contributed by atoms with Crippen LogP contribution >= 0.6 is 0 Å². The molecule has 0 bridgehead atoms. The van der Waals surface area contributed by atoms with E-state index in [4.69, 9.17) is 5.73 Å². The quantitative estimate of drug-likeness (QED) is 0.324. The summed E-state index contributed by atoms with van der Waals surface area (Å²) in [5.41, 5.74) is 6.17. The van der Waals surface area contributed by atoms with E-state index in [1.165, 1.54) is 29.1 Å². The van der Waals surface area contributed by atoms with Crippen molar-refractivity contribution >= 4 is 26.6 Å². The number of hydrogen-bond donors (Lipinski definition) is 1. The van der Waals surface area contributed by atoms with Gasteiger partial charge in [0.25, 0.3) is 0 Å². The molecule has 11 heteroatoms. The lowest BCUT2D eigenvalue weighted by Crippen LogP contribution is -2.20. The van der Waals surface area contributed by atoms with Crippen LogP contribution in [0.5, 0.6) is 0 Å². The van der Waals surface area contributed by atoms with Gasteiger partial charge in [0.1, 0.15) is 11.5 Å². The van der Waals surface area contributed by atoms with Gasteiger partial charge >= 0.3 is 6.18 Å². The van der Waals surface area contributed by atoms with E-state index in [9.17, 15) is 21.6 Å². The van der Waals surface area contributed by atoms with Gasteiger partial charge in [0.05, 0.1) is 32.8 Å². The van der Waals surface area contributed by atoms with Crippen LogP contribution in [0.3, 0.4) is 0 Å². The number of alkyl halides is 3. The van der Waals surface area contributed by atoms with E-state index in [2.05, 4.69) is 35.7 Å². The number of halogens is 3. The molecular formula is C26H28F3N5O2S. The highest BCUT2D eigenvalue weighted by atomic mass is 32.2. The van der Waals surface area contributed by atoms with Crippen molar-refractivity contribution in [3.8, 4) is 17.2 Å². The van der Waals surface area contributed by atoms with Crippen LogP contribution in [-0.2, 0) is 16.0 Å². The van der Waals surface area contributed by atoms with Crippen molar-refractivity contribution in [3.05, 3.63) is 60.6 Å². The van der Waals surface area contributed by atoms with Crippen LogP contribution in [0.2, 0.25) is 0 Å². The maximum absolute atomic E-state index is 13.4. The van der Waals surface area contributed by atoms with Gasteiger partial charge in [0, 0.05) is 24.0 Å². The highest BCUT2D eigenvalue weighted by molar-refractivity contribution is 7.92.